The topological polar surface area (TPSA) is 38.3 Å². The Morgan fingerprint density at radius 1 is 1.00 bits per heavy atom. The van der Waals surface area contributed by atoms with E-state index in [0.29, 0.717) is 13.2 Å². The average Bonchev–Trinajstić information content (AvgIpc) is 2.63. The van der Waals surface area contributed by atoms with Crippen LogP contribution in [-0.4, -0.2) is 19.1 Å². The molecular weight excluding hydrogens is 286 g/mol. The molecule has 23 heavy (non-hydrogen) atoms. The third-order valence-electron chi connectivity index (χ3n) is 4.75. The Morgan fingerprint density at radius 3 is 2.17 bits per heavy atom. The number of amides is 1. The summed E-state index contributed by atoms with van der Waals surface area (Å²) in [5.74, 6) is 0.100. The largest absolute Gasteiger partial charge is 0.381 e. The molecule has 2 aromatic rings. The highest BCUT2D eigenvalue weighted by Gasteiger charge is 2.41. The van der Waals surface area contributed by atoms with Gasteiger partial charge < -0.3 is 10.1 Å². The summed E-state index contributed by atoms with van der Waals surface area (Å²) in [4.78, 5) is 13.1. The fourth-order valence-electron chi connectivity index (χ4n) is 3.28. The van der Waals surface area contributed by atoms with Gasteiger partial charge in [-0.2, -0.15) is 0 Å². The van der Waals surface area contributed by atoms with Crippen LogP contribution in [0.4, 0.5) is 0 Å². The zero-order valence-electron chi connectivity index (χ0n) is 13.5. The van der Waals surface area contributed by atoms with E-state index in [1.165, 1.54) is 0 Å². The first-order valence-corrected chi connectivity index (χ1v) is 8.21. The van der Waals surface area contributed by atoms with Crippen LogP contribution in [0, 0.1) is 0 Å². The van der Waals surface area contributed by atoms with Crippen molar-refractivity contribution in [3.05, 3.63) is 71.8 Å². The molecule has 0 spiro atoms. The van der Waals surface area contributed by atoms with Crippen LogP contribution in [0.15, 0.2) is 60.7 Å². The van der Waals surface area contributed by atoms with Crippen molar-refractivity contribution < 1.29 is 9.53 Å². The Balaban J connectivity index is 1.84. The number of carbonyl (C=O) groups excluding carboxylic acids is 1. The lowest BCUT2D eigenvalue weighted by Crippen LogP contribution is -2.48. The summed E-state index contributed by atoms with van der Waals surface area (Å²) in [6.45, 7) is 3.29. The highest BCUT2D eigenvalue weighted by atomic mass is 16.5. The molecule has 1 atom stereocenters. The minimum Gasteiger partial charge on any atom is -0.381 e. The third-order valence-corrected chi connectivity index (χ3v) is 4.75. The van der Waals surface area contributed by atoms with Crippen LogP contribution in [0.5, 0.6) is 0 Å². The minimum atomic E-state index is -0.484. The van der Waals surface area contributed by atoms with Gasteiger partial charge in [-0.3, -0.25) is 4.79 Å². The van der Waals surface area contributed by atoms with E-state index in [2.05, 4.69) is 17.4 Å². The lowest BCUT2D eigenvalue weighted by molar-refractivity contribution is -0.131. The molecule has 1 N–H and O–H groups in total. The Morgan fingerprint density at radius 2 is 1.57 bits per heavy atom. The molecule has 0 aliphatic carbocycles. The van der Waals surface area contributed by atoms with Crippen LogP contribution >= 0.6 is 0 Å². The van der Waals surface area contributed by atoms with E-state index < -0.39 is 5.41 Å². The summed E-state index contributed by atoms with van der Waals surface area (Å²) < 4.78 is 5.51. The van der Waals surface area contributed by atoms with Gasteiger partial charge in [-0.25, -0.2) is 0 Å². The maximum Gasteiger partial charge on any atom is 0.231 e. The van der Waals surface area contributed by atoms with Crippen LogP contribution in [0.1, 0.15) is 36.9 Å². The van der Waals surface area contributed by atoms with Crippen molar-refractivity contribution >= 4 is 5.91 Å². The number of rotatable bonds is 4. The molecule has 1 aliphatic rings. The number of hydrogen-bond acceptors (Lipinski definition) is 2. The maximum atomic E-state index is 13.1. The highest BCUT2D eigenvalue weighted by molar-refractivity contribution is 5.88. The van der Waals surface area contributed by atoms with Crippen LogP contribution in [0.3, 0.4) is 0 Å². The normalized spacial score (nSPS) is 18.1. The lowest BCUT2D eigenvalue weighted by atomic mass is 9.73. The fraction of sp³-hybridized carbons (Fsp3) is 0.350. The first-order chi connectivity index (χ1) is 11.2. The SMILES string of the molecule is CC(NC(=O)C1(c2ccccc2)CCOCC1)c1ccccc1. The highest BCUT2D eigenvalue weighted by Crippen LogP contribution is 2.35. The molecule has 1 unspecified atom stereocenters. The number of carbonyl (C=O) groups is 1. The molecule has 3 nitrogen and oxygen atoms in total. The molecule has 1 amide bonds. The van der Waals surface area contributed by atoms with E-state index >= 15 is 0 Å². The minimum absolute atomic E-state index is 0.00729. The van der Waals surface area contributed by atoms with Gasteiger partial charge >= 0.3 is 0 Å². The van der Waals surface area contributed by atoms with E-state index in [1.807, 2.05) is 55.5 Å². The molecule has 0 aromatic heterocycles. The summed E-state index contributed by atoms with van der Waals surface area (Å²) in [6.07, 6.45) is 1.45. The Hall–Kier alpha value is -2.13. The smallest absolute Gasteiger partial charge is 0.231 e. The van der Waals surface area contributed by atoms with Crippen LogP contribution < -0.4 is 5.32 Å². The van der Waals surface area contributed by atoms with Crippen LogP contribution in [-0.2, 0) is 14.9 Å². The Kier molecular flexibility index (Phi) is 4.77. The molecule has 1 heterocycles. The van der Waals surface area contributed by atoms with Crippen LogP contribution in [0.25, 0.3) is 0 Å². The third kappa shape index (κ3) is 3.30. The van der Waals surface area contributed by atoms with Gasteiger partial charge in [0.25, 0.3) is 0 Å². The van der Waals surface area contributed by atoms with Gasteiger partial charge in [0.05, 0.1) is 11.5 Å². The fourth-order valence-corrected chi connectivity index (χ4v) is 3.28. The summed E-state index contributed by atoms with van der Waals surface area (Å²) in [5, 5.41) is 3.21. The molecule has 3 heteroatoms. The summed E-state index contributed by atoms with van der Waals surface area (Å²) in [7, 11) is 0. The molecule has 120 valence electrons. The van der Waals surface area contributed by atoms with Gasteiger partial charge in [-0.1, -0.05) is 60.7 Å². The zero-order chi connectivity index (χ0) is 16.1. The van der Waals surface area contributed by atoms with Crippen LogP contribution in [0.2, 0.25) is 0 Å². The molecule has 1 saturated heterocycles. The summed E-state index contributed by atoms with van der Waals surface area (Å²) in [5.41, 5.74) is 1.72. The lowest BCUT2D eigenvalue weighted by Gasteiger charge is -2.37. The van der Waals surface area contributed by atoms with Gasteiger partial charge in [0.2, 0.25) is 5.91 Å². The molecule has 0 bridgehead atoms. The van der Waals surface area contributed by atoms with Crippen molar-refractivity contribution in [1.82, 2.24) is 5.32 Å². The molecule has 1 aliphatic heterocycles. The molecule has 0 radical (unpaired) electrons. The Bertz CT molecular complexity index is 633. The molecule has 3 rings (SSSR count). The maximum absolute atomic E-state index is 13.1. The monoisotopic (exact) mass is 309 g/mol. The van der Waals surface area contributed by atoms with Gasteiger partial charge in [-0.05, 0) is 30.9 Å². The number of nitrogens with one attached hydrogen (secondary N) is 1. The number of hydrogen-bond donors (Lipinski definition) is 1. The average molecular weight is 309 g/mol. The number of benzene rings is 2. The van der Waals surface area contributed by atoms with E-state index in [9.17, 15) is 4.79 Å². The zero-order valence-corrected chi connectivity index (χ0v) is 13.5. The van der Waals surface area contributed by atoms with Gasteiger partial charge in [0, 0.05) is 13.2 Å². The Labute approximate surface area is 137 Å². The van der Waals surface area contributed by atoms with Crippen molar-refractivity contribution in [3.63, 3.8) is 0 Å². The van der Waals surface area contributed by atoms with Gasteiger partial charge in [0.15, 0.2) is 0 Å². The predicted octanol–water partition coefficient (Wildman–Crippen LogP) is 3.61. The molecule has 1 fully saturated rings. The molecular formula is C20H23NO2. The van der Waals surface area contributed by atoms with Crippen molar-refractivity contribution in [2.75, 3.05) is 13.2 Å². The summed E-state index contributed by atoms with van der Waals surface area (Å²) in [6, 6.07) is 20.2. The molecule has 2 aromatic carbocycles. The van der Waals surface area contributed by atoms with E-state index in [1.54, 1.807) is 0 Å². The predicted molar refractivity (Wildman–Crippen MR) is 91.2 cm³/mol. The number of ether oxygens (including phenoxy) is 1. The van der Waals surface area contributed by atoms with Crippen molar-refractivity contribution in [2.45, 2.75) is 31.2 Å². The van der Waals surface area contributed by atoms with Crippen molar-refractivity contribution in [2.24, 2.45) is 0 Å². The molecule has 0 saturated carbocycles. The van der Waals surface area contributed by atoms with Gasteiger partial charge in [0.1, 0.15) is 0 Å². The van der Waals surface area contributed by atoms with E-state index in [-0.39, 0.29) is 11.9 Å². The quantitative estimate of drug-likeness (QED) is 0.937. The van der Waals surface area contributed by atoms with E-state index in [4.69, 9.17) is 4.74 Å². The standard InChI is InChI=1S/C20H23NO2/c1-16(17-8-4-2-5-9-17)21-19(22)20(12-14-23-15-13-20)18-10-6-3-7-11-18/h2-11,16H,12-15H2,1H3,(H,21,22). The second-order valence-corrected chi connectivity index (χ2v) is 6.17. The van der Waals surface area contributed by atoms with E-state index in [0.717, 1.165) is 24.0 Å². The van der Waals surface area contributed by atoms with Crippen molar-refractivity contribution in [3.8, 4) is 0 Å². The van der Waals surface area contributed by atoms with Gasteiger partial charge in [-0.15, -0.1) is 0 Å². The first kappa shape index (κ1) is 15.8. The first-order valence-electron chi connectivity index (χ1n) is 8.21. The second-order valence-electron chi connectivity index (χ2n) is 6.17. The summed E-state index contributed by atoms with van der Waals surface area (Å²) >= 11 is 0. The second kappa shape index (κ2) is 6.97. The van der Waals surface area contributed by atoms with Crippen molar-refractivity contribution in [1.29, 1.82) is 0 Å².